The van der Waals surface area contributed by atoms with E-state index in [1.165, 1.54) is 6.08 Å². The first-order valence-electron chi connectivity index (χ1n) is 11.0. The minimum atomic E-state index is -0.694. The summed E-state index contributed by atoms with van der Waals surface area (Å²) in [6, 6.07) is 14.5. The van der Waals surface area contributed by atoms with Gasteiger partial charge in [-0.15, -0.1) is 0 Å². The van der Waals surface area contributed by atoms with Crippen LogP contribution >= 0.6 is 11.8 Å². The summed E-state index contributed by atoms with van der Waals surface area (Å²) in [4.78, 5) is 35.9. The van der Waals surface area contributed by atoms with Crippen molar-refractivity contribution in [1.29, 1.82) is 0 Å². The van der Waals surface area contributed by atoms with Crippen molar-refractivity contribution >= 4 is 28.9 Å². The number of nitrogens with one attached hydrogen (secondary N) is 1. The molecule has 0 bridgehead atoms. The maximum absolute atomic E-state index is 12.8. The van der Waals surface area contributed by atoms with E-state index < -0.39 is 17.3 Å². The number of thioether (sulfide) groups is 1. The van der Waals surface area contributed by atoms with Gasteiger partial charge >= 0.3 is 5.97 Å². The van der Waals surface area contributed by atoms with E-state index in [0.717, 1.165) is 22.9 Å². The highest BCUT2D eigenvalue weighted by Gasteiger charge is 2.31. The van der Waals surface area contributed by atoms with Crippen molar-refractivity contribution in [2.75, 3.05) is 13.7 Å². The van der Waals surface area contributed by atoms with E-state index in [4.69, 9.17) is 14.2 Å². The standard InChI is InChI=1S/C27H27NO6S/c1-4-7-19(8-5-2)26(30)34-23(20-9-6-10-22(16-20)32-3)17-33-21-13-11-18(12-14-21)15-24-25(29)28-27(31)35-24/h4-14,16,23-24H,1,15,17H2,2-3H3,(H,28,29,31)/b8-5-,19-7+. The van der Waals surface area contributed by atoms with E-state index in [1.54, 1.807) is 49.6 Å². The molecule has 0 aromatic heterocycles. The molecule has 3 rings (SSSR count). The summed E-state index contributed by atoms with van der Waals surface area (Å²) in [5.41, 5.74) is 2.00. The lowest BCUT2D eigenvalue weighted by molar-refractivity contribution is -0.145. The lowest BCUT2D eigenvalue weighted by Gasteiger charge is -2.20. The first-order chi connectivity index (χ1) is 16.9. The Labute approximate surface area is 208 Å². The topological polar surface area (TPSA) is 90.9 Å². The van der Waals surface area contributed by atoms with Crippen LogP contribution in [0, 0.1) is 0 Å². The number of carbonyl (C=O) groups excluding carboxylic acids is 3. The molecule has 35 heavy (non-hydrogen) atoms. The van der Waals surface area contributed by atoms with Gasteiger partial charge in [-0.2, -0.15) is 0 Å². The van der Waals surface area contributed by atoms with Gasteiger partial charge in [0.15, 0.2) is 6.10 Å². The predicted molar refractivity (Wildman–Crippen MR) is 135 cm³/mol. The highest BCUT2D eigenvalue weighted by molar-refractivity contribution is 8.15. The van der Waals surface area contributed by atoms with Gasteiger partial charge in [-0.1, -0.05) is 60.8 Å². The fourth-order valence-corrected chi connectivity index (χ4v) is 4.23. The van der Waals surface area contributed by atoms with Gasteiger partial charge in [-0.25, -0.2) is 4.79 Å². The van der Waals surface area contributed by atoms with E-state index in [2.05, 4.69) is 11.9 Å². The van der Waals surface area contributed by atoms with Crippen LogP contribution in [0.25, 0.3) is 0 Å². The van der Waals surface area contributed by atoms with Gasteiger partial charge in [0.05, 0.1) is 17.9 Å². The van der Waals surface area contributed by atoms with Gasteiger partial charge in [0.2, 0.25) is 5.91 Å². The Balaban J connectivity index is 1.71. The van der Waals surface area contributed by atoms with E-state index >= 15 is 0 Å². The minimum Gasteiger partial charge on any atom is -0.497 e. The Morgan fingerprint density at radius 1 is 1.17 bits per heavy atom. The highest BCUT2D eigenvalue weighted by Crippen LogP contribution is 2.26. The highest BCUT2D eigenvalue weighted by atomic mass is 32.2. The minimum absolute atomic E-state index is 0.0743. The number of benzene rings is 2. The van der Waals surface area contributed by atoms with Gasteiger partial charge in [0.1, 0.15) is 18.1 Å². The van der Waals surface area contributed by atoms with Crippen molar-refractivity contribution in [3.05, 3.63) is 96.1 Å². The number of hydrogen-bond donors (Lipinski definition) is 1. The Morgan fingerprint density at radius 3 is 2.57 bits per heavy atom. The molecule has 2 unspecified atom stereocenters. The zero-order chi connectivity index (χ0) is 25.2. The number of allylic oxidation sites excluding steroid dienone is 3. The summed E-state index contributed by atoms with van der Waals surface area (Å²) in [6.45, 7) is 5.53. The molecule has 2 aromatic rings. The zero-order valence-electron chi connectivity index (χ0n) is 19.6. The molecule has 1 saturated heterocycles. The second-order valence-electron chi connectivity index (χ2n) is 7.57. The summed E-state index contributed by atoms with van der Waals surface area (Å²) >= 11 is 0.997. The number of esters is 1. The van der Waals surface area contributed by atoms with E-state index in [9.17, 15) is 14.4 Å². The predicted octanol–water partition coefficient (Wildman–Crippen LogP) is 4.94. The van der Waals surface area contributed by atoms with Gasteiger partial charge in [0.25, 0.3) is 5.24 Å². The van der Waals surface area contributed by atoms with Crippen molar-refractivity contribution in [3.63, 3.8) is 0 Å². The molecule has 182 valence electrons. The maximum atomic E-state index is 12.8. The van der Waals surface area contributed by atoms with E-state index in [0.29, 0.717) is 23.5 Å². The molecule has 1 fully saturated rings. The van der Waals surface area contributed by atoms with Gasteiger partial charge in [-0.3, -0.25) is 14.9 Å². The van der Waals surface area contributed by atoms with Crippen LogP contribution in [-0.2, 0) is 20.7 Å². The van der Waals surface area contributed by atoms with Gasteiger partial charge in [0, 0.05) is 0 Å². The number of imide groups is 1. The summed E-state index contributed by atoms with van der Waals surface area (Å²) in [7, 11) is 1.57. The number of rotatable bonds is 11. The molecule has 2 aromatic carbocycles. The molecule has 1 aliphatic rings. The SMILES string of the molecule is C=C/C=C(\C=C/C)C(=O)OC(COc1ccc(CC2SC(=O)NC2=O)cc1)c1cccc(OC)c1. The van der Waals surface area contributed by atoms with Crippen LogP contribution in [0.3, 0.4) is 0 Å². The molecular weight excluding hydrogens is 466 g/mol. The molecule has 1 N–H and O–H groups in total. The van der Waals surface area contributed by atoms with Crippen molar-refractivity contribution in [3.8, 4) is 11.5 Å². The number of hydrogen-bond acceptors (Lipinski definition) is 7. The summed E-state index contributed by atoms with van der Waals surface area (Å²) in [5, 5.41) is 1.54. The van der Waals surface area contributed by atoms with Crippen LogP contribution in [0.1, 0.15) is 24.2 Å². The van der Waals surface area contributed by atoms with Crippen molar-refractivity contribution in [1.82, 2.24) is 5.32 Å². The van der Waals surface area contributed by atoms with Crippen LogP contribution in [0.15, 0.2) is 85.0 Å². The molecule has 8 heteroatoms. The third-order valence-electron chi connectivity index (χ3n) is 5.11. The third kappa shape index (κ3) is 7.35. The van der Waals surface area contributed by atoms with Gasteiger partial charge in [-0.05, 0) is 54.8 Å². The number of carbonyl (C=O) groups is 3. The van der Waals surface area contributed by atoms with Crippen molar-refractivity contribution < 1.29 is 28.6 Å². The molecule has 0 radical (unpaired) electrons. The smallest absolute Gasteiger partial charge is 0.338 e. The lowest BCUT2D eigenvalue weighted by atomic mass is 10.1. The van der Waals surface area contributed by atoms with E-state index in [-0.39, 0.29) is 17.8 Å². The second-order valence-corrected chi connectivity index (χ2v) is 8.75. The quantitative estimate of drug-likeness (QED) is 0.269. The van der Waals surface area contributed by atoms with Crippen molar-refractivity contribution in [2.45, 2.75) is 24.7 Å². The number of ether oxygens (including phenoxy) is 3. The Kier molecular flexibility index (Phi) is 9.31. The zero-order valence-corrected chi connectivity index (χ0v) is 20.4. The van der Waals surface area contributed by atoms with Crippen LogP contribution in [0.2, 0.25) is 0 Å². The lowest BCUT2D eigenvalue weighted by Crippen LogP contribution is -2.25. The number of methoxy groups -OCH3 is 1. The molecule has 1 aliphatic heterocycles. The fraction of sp³-hybridized carbons (Fsp3) is 0.222. The van der Waals surface area contributed by atoms with Crippen LogP contribution in [0.5, 0.6) is 11.5 Å². The molecular formula is C27H27NO6S. The van der Waals surface area contributed by atoms with Crippen LogP contribution < -0.4 is 14.8 Å². The fourth-order valence-electron chi connectivity index (χ4n) is 3.37. The summed E-state index contributed by atoms with van der Waals surface area (Å²) in [5.74, 6) is 0.436. The monoisotopic (exact) mass is 493 g/mol. The molecule has 0 saturated carbocycles. The average Bonchev–Trinajstić information content (AvgIpc) is 3.18. The average molecular weight is 494 g/mol. The first kappa shape index (κ1) is 25.8. The largest absolute Gasteiger partial charge is 0.497 e. The Morgan fingerprint density at radius 2 is 1.94 bits per heavy atom. The van der Waals surface area contributed by atoms with Crippen LogP contribution in [-0.4, -0.2) is 36.1 Å². The molecule has 0 spiro atoms. The van der Waals surface area contributed by atoms with E-state index in [1.807, 2.05) is 31.2 Å². The summed E-state index contributed by atoms with van der Waals surface area (Å²) in [6.07, 6.45) is 6.26. The molecule has 1 heterocycles. The molecule has 2 amide bonds. The Bertz CT molecular complexity index is 1140. The van der Waals surface area contributed by atoms with Crippen molar-refractivity contribution in [2.24, 2.45) is 0 Å². The molecule has 0 aliphatic carbocycles. The molecule has 7 nitrogen and oxygen atoms in total. The molecule has 2 atom stereocenters. The Hall–Kier alpha value is -3.78. The second kappa shape index (κ2) is 12.6. The van der Waals surface area contributed by atoms with Gasteiger partial charge < -0.3 is 14.2 Å². The maximum Gasteiger partial charge on any atom is 0.338 e. The summed E-state index contributed by atoms with van der Waals surface area (Å²) < 4.78 is 17.0. The first-order valence-corrected chi connectivity index (χ1v) is 11.8. The number of amides is 2. The van der Waals surface area contributed by atoms with Crippen LogP contribution in [0.4, 0.5) is 4.79 Å². The normalized spacial score (nSPS) is 16.6. The third-order valence-corrected chi connectivity index (χ3v) is 6.09.